The molecule has 2 unspecified atom stereocenters. The smallest absolute Gasteiger partial charge is 0.278 e. The van der Waals surface area contributed by atoms with Crippen molar-refractivity contribution in [2.45, 2.75) is 25.7 Å². The van der Waals surface area contributed by atoms with E-state index in [9.17, 15) is 14.7 Å². The predicted octanol–water partition coefficient (Wildman–Crippen LogP) is 0.320. The Bertz CT molecular complexity index is 427. The number of carbonyl (C=O) groups excluding carboxylic acids is 2. The number of aliphatic imine (C=N–C) groups is 1. The lowest BCUT2D eigenvalue weighted by atomic mass is 10.2. The van der Waals surface area contributed by atoms with Crippen LogP contribution < -0.4 is 5.48 Å². The summed E-state index contributed by atoms with van der Waals surface area (Å²) in [7, 11) is 0. The third-order valence-electron chi connectivity index (χ3n) is 2.20. The lowest BCUT2D eigenvalue weighted by molar-refractivity contribution is -0.128. The molecule has 2 N–H and O–H groups in total. The maximum Gasteiger partial charge on any atom is 0.278 e. The van der Waals surface area contributed by atoms with Gasteiger partial charge in [0.25, 0.3) is 5.91 Å². The van der Waals surface area contributed by atoms with Gasteiger partial charge in [-0.05, 0) is 12.5 Å². The van der Waals surface area contributed by atoms with Gasteiger partial charge >= 0.3 is 0 Å². The quantitative estimate of drug-likeness (QED) is 0.431. The number of isocyanates is 1. The molecule has 0 aliphatic rings. The van der Waals surface area contributed by atoms with Crippen LogP contribution in [0.4, 0.5) is 0 Å². The lowest BCUT2D eigenvalue weighted by Gasteiger charge is -2.17. The first-order valence-electron chi connectivity index (χ1n) is 5.36. The Labute approximate surface area is 104 Å². The largest absolute Gasteiger partial charge is 0.391 e. The van der Waals surface area contributed by atoms with Gasteiger partial charge in [0.1, 0.15) is 6.04 Å². The molecule has 96 valence electrons. The zero-order valence-corrected chi connectivity index (χ0v) is 9.87. The fraction of sp³-hybridized carbons (Fsp3) is 0.333. The Morgan fingerprint density at radius 1 is 1.50 bits per heavy atom. The van der Waals surface area contributed by atoms with E-state index in [0.29, 0.717) is 0 Å². The highest BCUT2D eigenvalue weighted by Gasteiger charge is 2.23. The van der Waals surface area contributed by atoms with E-state index in [1.807, 2.05) is 30.3 Å². The summed E-state index contributed by atoms with van der Waals surface area (Å²) in [5.41, 5.74) is 3.28. The highest BCUT2D eigenvalue weighted by molar-refractivity contribution is 5.86. The molecule has 6 heteroatoms. The van der Waals surface area contributed by atoms with E-state index in [0.717, 1.165) is 11.6 Å². The SMILES string of the molecule is CC(O)C(NOCc1ccccc1)C(=O)N=C=O. The number of aliphatic hydroxyl groups is 1. The average Bonchev–Trinajstić information content (AvgIpc) is 2.35. The first-order chi connectivity index (χ1) is 8.65. The zero-order chi connectivity index (χ0) is 13.4. The Morgan fingerprint density at radius 2 is 2.17 bits per heavy atom. The number of benzene rings is 1. The van der Waals surface area contributed by atoms with Crippen LogP contribution in [0, 0.1) is 0 Å². The van der Waals surface area contributed by atoms with E-state index >= 15 is 0 Å². The maximum atomic E-state index is 11.3. The molecule has 1 rings (SSSR count). The highest BCUT2D eigenvalue weighted by Crippen LogP contribution is 2.01. The van der Waals surface area contributed by atoms with Crippen molar-refractivity contribution in [2.24, 2.45) is 4.99 Å². The van der Waals surface area contributed by atoms with E-state index < -0.39 is 18.1 Å². The van der Waals surface area contributed by atoms with Crippen molar-refractivity contribution in [3.8, 4) is 0 Å². The molecular formula is C12H14N2O4. The van der Waals surface area contributed by atoms with Gasteiger partial charge in [-0.25, -0.2) is 4.79 Å². The summed E-state index contributed by atoms with van der Waals surface area (Å²) in [6, 6.07) is 8.20. The maximum absolute atomic E-state index is 11.3. The van der Waals surface area contributed by atoms with E-state index in [-0.39, 0.29) is 6.61 Å². The Balaban J connectivity index is 2.48. The van der Waals surface area contributed by atoms with Gasteiger partial charge in [-0.2, -0.15) is 5.48 Å². The van der Waals surface area contributed by atoms with Crippen molar-refractivity contribution in [2.75, 3.05) is 0 Å². The van der Waals surface area contributed by atoms with Crippen LogP contribution in [0.1, 0.15) is 12.5 Å². The molecule has 0 fully saturated rings. The molecule has 0 aliphatic carbocycles. The molecule has 0 saturated heterocycles. The third kappa shape index (κ3) is 4.57. The average molecular weight is 250 g/mol. The second-order valence-electron chi connectivity index (χ2n) is 3.65. The van der Waals surface area contributed by atoms with Crippen LogP contribution in [-0.4, -0.2) is 29.2 Å². The van der Waals surface area contributed by atoms with Crippen molar-refractivity contribution in [3.05, 3.63) is 35.9 Å². The summed E-state index contributed by atoms with van der Waals surface area (Å²) in [6.45, 7) is 1.61. The first-order valence-corrected chi connectivity index (χ1v) is 5.36. The molecule has 1 aromatic carbocycles. The Kier molecular flexibility index (Phi) is 5.90. The summed E-state index contributed by atoms with van der Waals surface area (Å²) in [5, 5.41) is 9.35. The van der Waals surface area contributed by atoms with Gasteiger partial charge in [0.2, 0.25) is 6.08 Å². The normalized spacial score (nSPS) is 13.4. The van der Waals surface area contributed by atoms with Crippen LogP contribution in [0.3, 0.4) is 0 Å². The number of hydrogen-bond acceptors (Lipinski definition) is 5. The van der Waals surface area contributed by atoms with Crippen molar-refractivity contribution in [3.63, 3.8) is 0 Å². The summed E-state index contributed by atoms with van der Waals surface area (Å²) in [6.07, 6.45) is 0.0930. The predicted molar refractivity (Wildman–Crippen MR) is 63.0 cm³/mol. The van der Waals surface area contributed by atoms with E-state index in [1.54, 1.807) is 0 Å². The lowest BCUT2D eigenvalue weighted by Crippen LogP contribution is -2.44. The molecule has 0 spiro atoms. The molecule has 0 heterocycles. The van der Waals surface area contributed by atoms with Crippen LogP contribution in [0.2, 0.25) is 0 Å². The van der Waals surface area contributed by atoms with E-state index in [4.69, 9.17) is 4.84 Å². The molecule has 0 bridgehead atoms. The van der Waals surface area contributed by atoms with Gasteiger partial charge in [0.15, 0.2) is 0 Å². The molecule has 2 atom stereocenters. The Morgan fingerprint density at radius 3 is 2.72 bits per heavy atom. The fourth-order valence-electron chi connectivity index (χ4n) is 1.26. The molecule has 0 radical (unpaired) electrons. The van der Waals surface area contributed by atoms with Gasteiger partial charge < -0.3 is 5.11 Å². The van der Waals surface area contributed by atoms with Gasteiger partial charge in [0.05, 0.1) is 12.7 Å². The second kappa shape index (κ2) is 7.47. The Hall–Kier alpha value is -1.85. The minimum absolute atomic E-state index is 0.224. The standard InChI is InChI=1S/C12H14N2O4/c1-9(16)11(12(17)13-8-15)14-18-7-10-5-3-2-4-6-10/h2-6,9,11,14,16H,7H2,1H3. The van der Waals surface area contributed by atoms with Gasteiger partial charge in [-0.3, -0.25) is 9.63 Å². The summed E-state index contributed by atoms with van der Waals surface area (Å²) in [4.78, 5) is 29.3. The van der Waals surface area contributed by atoms with E-state index in [1.165, 1.54) is 6.92 Å². The monoisotopic (exact) mass is 250 g/mol. The second-order valence-corrected chi connectivity index (χ2v) is 3.65. The van der Waals surface area contributed by atoms with Crippen molar-refractivity contribution >= 4 is 12.0 Å². The molecule has 0 aromatic heterocycles. The molecule has 1 amide bonds. The topological polar surface area (TPSA) is 88.0 Å². The number of nitrogens with one attached hydrogen (secondary N) is 1. The molecule has 6 nitrogen and oxygen atoms in total. The molecule has 0 aliphatic heterocycles. The molecule has 0 saturated carbocycles. The van der Waals surface area contributed by atoms with E-state index in [2.05, 4.69) is 10.5 Å². The summed E-state index contributed by atoms with van der Waals surface area (Å²) < 4.78 is 0. The number of aliphatic hydroxyl groups excluding tert-OH is 1. The van der Waals surface area contributed by atoms with Gasteiger partial charge in [-0.15, -0.1) is 4.99 Å². The van der Waals surface area contributed by atoms with Crippen LogP contribution in [-0.2, 0) is 21.0 Å². The minimum atomic E-state index is -1.09. The summed E-state index contributed by atoms with van der Waals surface area (Å²) in [5.74, 6) is -0.826. The third-order valence-corrected chi connectivity index (χ3v) is 2.20. The van der Waals surface area contributed by atoms with Crippen molar-refractivity contribution in [1.82, 2.24) is 5.48 Å². The van der Waals surface area contributed by atoms with Crippen LogP contribution in [0.15, 0.2) is 35.3 Å². The zero-order valence-electron chi connectivity index (χ0n) is 9.87. The van der Waals surface area contributed by atoms with Crippen LogP contribution >= 0.6 is 0 Å². The van der Waals surface area contributed by atoms with Crippen LogP contribution in [0.25, 0.3) is 0 Å². The van der Waals surface area contributed by atoms with Gasteiger partial charge in [0, 0.05) is 0 Å². The highest BCUT2D eigenvalue weighted by atomic mass is 16.6. The van der Waals surface area contributed by atoms with Crippen molar-refractivity contribution in [1.29, 1.82) is 0 Å². The first kappa shape index (κ1) is 14.2. The van der Waals surface area contributed by atoms with Crippen LogP contribution in [0.5, 0.6) is 0 Å². The number of nitrogens with zero attached hydrogens (tertiary/aromatic N) is 1. The molecule has 18 heavy (non-hydrogen) atoms. The minimum Gasteiger partial charge on any atom is -0.391 e. The number of carbonyl (C=O) groups is 1. The number of amides is 1. The number of hydroxylamine groups is 1. The number of rotatable bonds is 6. The fourth-order valence-corrected chi connectivity index (χ4v) is 1.26. The van der Waals surface area contributed by atoms with Gasteiger partial charge in [-0.1, -0.05) is 30.3 Å². The van der Waals surface area contributed by atoms with Crippen molar-refractivity contribution < 1.29 is 19.5 Å². The number of hydrogen-bond donors (Lipinski definition) is 2. The molecule has 1 aromatic rings. The molecular weight excluding hydrogens is 236 g/mol. The summed E-state index contributed by atoms with van der Waals surface area (Å²) >= 11 is 0.